The van der Waals surface area contributed by atoms with Crippen molar-refractivity contribution in [1.29, 1.82) is 0 Å². The van der Waals surface area contributed by atoms with Crippen LogP contribution in [0.3, 0.4) is 0 Å². The van der Waals surface area contributed by atoms with Crippen LogP contribution < -0.4 is 5.32 Å². The average Bonchev–Trinajstić information content (AvgIpc) is 2.87. The minimum absolute atomic E-state index is 0.0407. The van der Waals surface area contributed by atoms with E-state index in [0.717, 1.165) is 0 Å². The molecule has 0 saturated heterocycles. The molecule has 100 valence electrons. The van der Waals surface area contributed by atoms with Crippen molar-refractivity contribution in [3.05, 3.63) is 39.8 Å². The first-order valence-electron chi connectivity index (χ1n) is 5.79. The summed E-state index contributed by atoms with van der Waals surface area (Å²) in [5.41, 5.74) is 1.18. The van der Waals surface area contributed by atoms with Crippen molar-refractivity contribution < 1.29 is 9.34 Å². The van der Waals surface area contributed by atoms with Gasteiger partial charge in [0.1, 0.15) is 0 Å². The summed E-state index contributed by atoms with van der Waals surface area (Å²) in [5, 5.41) is 21.7. The molecule has 1 aromatic carbocycles. The third-order valence-electron chi connectivity index (χ3n) is 2.90. The molecule has 0 bridgehead atoms. The summed E-state index contributed by atoms with van der Waals surface area (Å²) in [6, 6.07) is 4.76. The number of aromatic nitrogens is 2. The van der Waals surface area contributed by atoms with Gasteiger partial charge >= 0.3 is 0 Å². The van der Waals surface area contributed by atoms with Crippen molar-refractivity contribution >= 4 is 5.69 Å². The zero-order valence-electron chi connectivity index (χ0n) is 10.9. The first kappa shape index (κ1) is 13.2. The molecule has 1 N–H and O–H groups in total. The van der Waals surface area contributed by atoms with Crippen LogP contribution in [0.15, 0.2) is 22.6 Å². The highest BCUT2D eigenvalue weighted by Crippen LogP contribution is 2.26. The monoisotopic (exact) mass is 262 g/mol. The quantitative estimate of drug-likeness (QED) is 0.670. The molecule has 19 heavy (non-hydrogen) atoms. The summed E-state index contributed by atoms with van der Waals surface area (Å²) < 4.78 is 5.49. The van der Waals surface area contributed by atoms with Crippen LogP contribution in [0.25, 0.3) is 11.5 Å². The number of nitrogens with one attached hydrogen (secondary N) is 1. The van der Waals surface area contributed by atoms with Crippen molar-refractivity contribution in [1.82, 2.24) is 15.5 Å². The predicted octanol–water partition coefficient (Wildman–Crippen LogP) is 2.23. The SMILES string of the molecule is CNC(C)c1nnc(-c2ccc(C)c([N+](=O)[O-])c2)o1. The number of benzene rings is 1. The third kappa shape index (κ3) is 2.60. The van der Waals surface area contributed by atoms with Crippen LogP contribution in [0, 0.1) is 17.0 Å². The van der Waals surface area contributed by atoms with Gasteiger partial charge in [0.05, 0.1) is 11.0 Å². The third-order valence-corrected chi connectivity index (χ3v) is 2.90. The van der Waals surface area contributed by atoms with Gasteiger partial charge in [-0.1, -0.05) is 6.07 Å². The second kappa shape index (κ2) is 5.15. The van der Waals surface area contributed by atoms with Gasteiger partial charge in [-0.25, -0.2) is 0 Å². The zero-order valence-corrected chi connectivity index (χ0v) is 10.9. The second-order valence-electron chi connectivity index (χ2n) is 4.21. The molecule has 2 aromatic rings. The highest BCUT2D eigenvalue weighted by Gasteiger charge is 2.17. The summed E-state index contributed by atoms with van der Waals surface area (Å²) >= 11 is 0. The molecule has 1 atom stereocenters. The molecule has 0 aliphatic heterocycles. The van der Waals surface area contributed by atoms with Crippen molar-refractivity contribution in [2.45, 2.75) is 19.9 Å². The van der Waals surface area contributed by atoms with E-state index in [0.29, 0.717) is 17.0 Å². The molecule has 1 aromatic heterocycles. The molecule has 1 unspecified atom stereocenters. The van der Waals surface area contributed by atoms with Crippen LogP contribution in [-0.4, -0.2) is 22.2 Å². The summed E-state index contributed by atoms with van der Waals surface area (Å²) in [6.07, 6.45) is 0. The van der Waals surface area contributed by atoms with Crippen molar-refractivity contribution in [3.63, 3.8) is 0 Å². The Bertz CT molecular complexity index is 609. The molecule has 2 rings (SSSR count). The Morgan fingerprint density at radius 2 is 2.16 bits per heavy atom. The number of nitrogens with zero attached hydrogens (tertiary/aromatic N) is 3. The number of aryl methyl sites for hydroxylation is 1. The number of hydrogen-bond donors (Lipinski definition) is 1. The lowest BCUT2D eigenvalue weighted by Crippen LogP contribution is -2.12. The summed E-state index contributed by atoms with van der Waals surface area (Å²) in [6.45, 7) is 3.57. The van der Waals surface area contributed by atoms with Crippen LogP contribution in [0.4, 0.5) is 5.69 Å². The fourth-order valence-corrected chi connectivity index (χ4v) is 1.59. The van der Waals surface area contributed by atoms with Crippen LogP contribution >= 0.6 is 0 Å². The van der Waals surface area contributed by atoms with E-state index in [1.54, 1.807) is 26.1 Å². The van der Waals surface area contributed by atoms with Crippen LogP contribution in [0.5, 0.6) is 0 Å². The Morgan fingerprint density at radius 3 is 2.79 bits per heavy atom. The van der Waals surface area contributed by atoms with Gasteiger partial charge < -0.3 is 9.73 Å². The van der Waals surface area contributed by atoms with E-state index in [-0.39, 0.29) is 17.6 Å². The number of nitro benzene ring substituents is 1. The second-order valence-corrected chi connectivity index (χ2v) is 4.21. The van der Waals surface area contributed by atoms with Gasteiger partial charge in [0.25, 0.3) is 5.69 Å². The molecule has 7 nitrogen and oxygen atoms in total. The molecule has 0 radical (unpaired) electrons. The van der Waals surface area contributed by atoms with Crippen LogP contribution in [0.2, 0.25) is 0 Å². The molecule has 0 aliphatic carbocycles. The largest absolute Gasteiger partial charge is 0.419 e. The summed E-state index contributed by atoms with van der Waals surface area (Å²) in [7, 11) is 1.78. The highest BCUT2D eigenvalue weighted by atomic mass is 16.6. The normalized spacial score (nSPS) is 12.4. The molecule has 0 aliphatic rings. The topological polar surface area (TPSA) is 94.1 Å². The Balaban J connectivity index is 2.39. The van der Waals surface area contributed by atoms with Gasteiger partial charge in [0, 0.05) is 17.2 Å². The lowest BCUT2D eigenvalue weighted by Gasteiger charge is -2.02. The van der Waals surface area contributed by atoms with Gasteiger partial charge in [0.2, 0.25) is 11.8 Å². The van der Waals surface area contributed by atoms with E-state index in [2.05, 4.69) is 15.5 Å². The molecular formula is C12H14N4O3. The fourth-order valence-electron chi connectivity index (χ4n) is 1.59. The molecule has 0 spiro atoms. The molecule has 0 amide bonds. The van der Waals surface area contributed by atoms with E-state index >= 15 is 0 Å². The zero-order chi connectivity index (χ0) is 14.0. The maximum Gasteiger partial charge on any atom is 0.273 e. The van der Waals surface area contributed by atoms with E-state index in [1.165, 1.54) is 6.07 Å². The van der Waals surface area contributed by atoms with E-state index in [9.17, 15) is 10.1 Å². The van der Waals surface area contributed by atoms with Gasteiger partial charge in [-0.2, -0.15) is 0 Å². The summed E-state index contributed by atoms with van der Waals surface area (Å²) in [5.74, 6) is 0.723. The fraction of sp³-hybridized carbons (Fsp3) is 0.333. The van der Waals surface area contributed by atoms with Gasteiger partial charge in [0.15, 0.2) is 0 Å². The van der Waals surface area contributed by atoms with Gasteiger partial charge in [-0.05, 0) is 27.0 Å². The average molecular weight is 262 g/mol. The number of hydrogen-bond acceptors (Lipinski definition) is 6. The minimum Gasteiger partial charge on any atom is -0.419 e. The maximum atomic E-state index is 10.9. The Kier molecular flexibility index (Phi) is 3.57. The van der Waals surface area contributed by atoms with E-state index in [1.807, 2.05) is 6.92 Å². The van der Waals surface area contributed by atoms with Gasteiger partial charge in [-0.15, -0.1) is 10.2 Å². The highest BCUT2D eigenvalue weighted by molar-refractivity contribution is 5.59. The van der Waals surface area contributed by atoms with E-state index < -0.39 is 4.92 Å². The van der Waals surface area contributed by atoms with Crippen molar-refractivity contribution in [3.8, 4) is 11.5 Å². The molecular weight excluding hydrogens is 248 g/mol. The smallest absolute Gasteiger partial charge is 0.273 e. The number of rotatable bonds is 4. The number of nitro groups is 1. The predicted molar refractivity (Wildman–Crippen MR) is 68.6 cm³/mol. The first-order valence-corrected chi connectivity index (χ1v) is 5.79. The first-order chi connectivity index (χ1) is 9.02. The lowest BCUT2D eigenvalue weighted by atomic mass is 10.1. The van der Waals surface area contributed by atoms with Crippen LogP contribution in [-0.2, 0) is 0 Å². The Hall–Kier alpha value is -2.28. The Morgan fingerprint density at radius 1 is 1.42 bits per heavy atom. The van der Waals surface area contributed by atoms with Crippen LogP contribution in [0.1, 0.15) is 24.4 Å². The van der Waals surface area contributed by atoms with Crippen molar-refractivity contribution in [2.24, 2.45) is 0 Å². The lowest BCUT2D eigenvalue weighted by molar-refractivity contribution is -0.385. The maximum absolute atomic E-state index is 10.9. The van der Waals surface area contributed by atoms with Crippen molar-refractivity contribution in [2.75, 3.05) is 7.05 Å². The Labute approximate surface area is 109 Å². The van der Waals surface area contributed by atoms with E-state index in [4.69, 9.17) is 4.42 Å². The standard InChI is InChI=1S/C12H14N4O3/c1-7-4-5-9(6-10(7)16(17)18)12-15-14-11(19-12)8(2)13-3/h4-6,8,13H,1-3H3. The molecule has 0 fully saturated rings. The molecule has 1 heterocycles. The molecule has 0 saturated carbocycles. The minimum atomic E-state index is -0.424. The molecule has 7 heteroatoms. The van der Waals surface area contributed by atoms with Gasteiger partial charge in [-0.3, -0.25) is 10.1 Å². The summed E-state index contributed by atoms with van der Waals surface area (Å²) in [4.78, 5) is 10.5.